The predicted octanol–water partition coefficient (Wildman–Crippen LogP) is 2.04. The molecule has 11 heteroatoms. The second-order valence-electron chi connectivity index (χ2n) is 8.69. The molecule has 1 aromatic carbocycles. The van der Waals surface area contributed by atoms with Crippen molar-refractivity contribution < 1.29 is 28.9 Å². The standard InChI is InChI=1S/C24H21ClFN3O6/c1-3-24(34)14-5-18-21-12(7-29(18)22(32)13(14)9-35-23(24)33)20(10(2)27-19(31)8-30)11-4-15(25)16(26)6-17(11)28-21/h4-6,10,30,34H,3,7-9H2,1-2H3,(H,27,31)/t10-,24-/m0/s1. The average molecular weight is 502 g/mol. The first-order chi connectivity index (χ1) is 16.6. The fourth-order valence-electron chi connectivity index (χ4n) is 4.96. The fraction of sp³-hybridized carbons (Fsp3) is 0.333. The summed E-state index contributed by atoms with van der Waals surface area (Å²) in [6.45, 7) is 2.40. The summed E-state index contributed by atoms with van der Waals surface area (Å²) in [4.78, 5) is 42.4. The fourth-order valence-corrected chi connectivity index (χ4v) is 5.12. The highest BCUT2D eigenvalue weighted by molar-refractivity contribution is 6.31. The number of rotatable bonds is 4. The monoisotopic (exact) mass is 501 g/mol. The summed E-state index contributed by atoms with van der Waals surface area (Å²) in [7, 11) is 0. The molecule has 0 fully saturated rings. The van der Waals surface area contributed by atoms with Gasteiger partial charge >= 0.3 is 5.97 Å². The lowest BCUT2D eigenvalue weighted by Crippen LogP contribution is -2.44. The van der Waals surface area contributed by atoms with Crippen molar-refractivity contribution in [2.45, 2.75) is 45.1 Å². The van der Waals surface area contributed by atoms with Gasteiger partial charge in [0.05, 0.1) is 40.1 Å². The lowest BCUT2D eigenvalue weighted by molar-refractivity contribution is -0.172. The zero-order valence-electron chi connectivity index (χ0n) is 18.8. The van der Waals surface area contributed by atoms with Gasteiger partial charge in [0.1, 0.15) is 19.0 Å². The number of carbonyl (C=O) groups is 2. The molecule has 4 heterocycles. The van der Waals surface area contributed by atoms with Crippen LogP contribution in [-0.4, -0.2) is 38.2 Å². The van der Waals surface area contributed by atoms with Crippen LogP contribution in [0.25, 0.3) is 22.3 Å². The SMILES string of the molecule is CC[C@@]1(O)C(=O)OCc2c1cc1n(c2=O)Cc2c-1nc1cc(F)c(Cl)cc1c2[C@H](C)NC(=O)CO. The van der Waals surface area contributed by atoms with Crippen molar-refractivity contribution in [3.05, 3.63) is 61.6 Å². The Kier molecular flexibility index (Phi) is 5.42. The van der Waals surface area contributed by atoms with Gasteiger partial charge in [0.15, 0.2) is 5.60 Å². The number of hydrogen-bond acceptors (Lipinski definition) is 7. The van der Waals surface area contributed by atoms with Crippen molar-refractivity contribution in [2.75, 3.05) is 6.61 Å². The quantitative estimate of drug-likeness (QED) is 0.365. The van der Waals surface area contributed by atoms with E-state index in [0.717, 1.165) is 0 Å². The van der Waals surface area contributed by atoms with Crippen molar-refractivity contribution in [3.63, 3.8) is 0 Å². The van der Waals surface area contributed by atoms with Gasteiger partial charge < -0.3 is 24.8 Å². The number of aliphatic hydroxyl groups excluding tert-OH is 1. The number of halogens is 2. The molecule has 182 valence electrons. The molecule has 0 saturated carbocycles. The zero-order chi connectivity index (χ0) is 25.2. The van der Waals surface area contributed by atoms with Crippen molar-refractivity contribution in [1.29, 1.82) is 0 Å². The van der Waals surface area contributed by atoms with Crippen molar-refractivity contribution >= 4 is 34.4 Å². The number of aromatic nitrogens is 2. The first-order valence-electron chi connectivity index (χ1n) is 11.0. The van der Waals surface area contributed by atoms with Crippen molar-refractivity contribution in [2.24, 2.45) is 0 Å². The van der Waals surface area contributed by atoms with Gasteiger partial charge in [0, 0.05) is 22.6 Å². The number of benzene rings is 1. The number of amides is 1. The van der Waals surface area contributed by atoms with E-state index in [1.807, 2.05) is 0 Å². The van der Waals surface area contributed by atoms with E-state index in [9.17, 15) is 29.0 Å². The number of cyclic esters (lactones) is 1. The third-order valence-electron chi connectivity index (χ3n) is 6.73. The number of hydrogen-bond donors (Lipinski definition) is 3. The molecular weight excluding hydrogens is 481 g/mol. The zero-order valence-corrected chi connectivity index (χ0v) is 19.6. The number of nitrogens with zero attached hydrogens (tertiary/aromatic N) is 2. The van der Waals surface area contributed by atoms with Crippen LogP contribution in [0.15, 0.2) is 23.0 Å². The lowest BCUT2D eigenvalue weighted by atomic mass is 9.86. The second kappa shape index (κ2) is 8.11. The number of fused-ring (bicyclic) bond motifs is 5. The van der Waals surface area contributed by atoms with Crippen LogP contribution in [0.5, 0.6) is 0 Å². The second-order valence-corrected chi connectivity index (χ2v) is 9.09. The van der Waals surface area contributed by atoms with E-state index in [4.69, 9.17) is 16.3 Å². The van der Waals surface area contributed by atoms with Crippen LogP contribution >= 0.6 is 11.6 Å². The molecule has 3 N–H and O–H groups in total. The average Bonchev–Trinajstić information content (AvgIpc) is 3.19. The van der Waals surface area contributed by atoms with E-state index in [1.165, 1.54) is 16.7 Å². The molecule has 35 heavy (non-hydrogen) atoms. The van der Waals surface area contributed by atoms with Crippen molar-refractivity contribution in [1.82, 2.24) is 14.9 Å². The van der Waals surface area contributed by atoms with Crippen LogP contribution in [0, 0.1) is 5.82 Å². The Morgan fingerprint density at radius 3 is 2.77 bits per heavy atom. The van der Waals surface area contributed by atoms with E-state index in [0.29, 0.717) is 27.9 Å². The van der Waals surface area contributed by atoms with Gasteiger partial charge in [-0.05, 0) is 31.0 Å². The maximum atomic E-state index is 14.4. The van der Waals surface area contributed by atoms with Gasteiger partial charge in [-0.1, -0.05) is 18.5 Å². The molecule has 9 nitrogen and oxygen atoms in total. The van der Waals surface area contributed by atoms with Crippen LogP contribution in [-0.2, 0) is 33.1 Å². The summed E-state index contributed by atoms with van der Waals surface area (Å²) >= 11 is 6.05. The molecule has 0 bridgehead atoms. The molecule has 0 spiro atoms. The van der Waals surface area contributed by atoms with Crippen LogP contribution in [0.3, 0.4) is 0 Å². The molecular formula is C24H21ClFN3O6. The van der Waals surface area contributed by atoms with Crippen LogP contribution in [0.4, 0.5) is 4.39 Å². The Balaban J connectivity index is 1.81. The summed E-state index contributed by atoms with van der Waals surface area (Å²) < 4.78 is 20.9. The Hall–Kier alpha value is -3.34. The summed E-state index contributed by atoms with van der Waals surface area (Å²) in [5, 5.41) is 23.3. The summed E-state index contributed by atoms with van der Waals surface area (Å²) in [5.41, 5.74) is 0.0228. The van der Waals surface area contributed by atoms with Crippen LogP contribution < -0.4 is 10.9 Å². The first kappa shape index (κ1) is 23.4. The van der Waals surface area contributed by atoms with Gasteiger partial charge in [-0.2, -0.15) is 0 Å². The van der Waals surface area contributed by atoms with E-state index in [-0.39, 0.29) is 41.2 Å². The Morgan fingerprint density at radius 2 is 2.09 bits per heavy atom. The minimum Gasteiger partial charge on any atom is -0.458 e. The molecule has 1 amide bonds. The molecule has 2 atom stereocenters. The highest BCUT2D eigenvalue weighted by Gasteiger charge is 2.45. The number of pyridine rings is 2. The van der Waals surface area contributed by atoms with E-state index in [2.05, 4.69) is 10.3 Å². The first-order valence-corrected chi connectivity index (χ1v) is 11.4. The van der Waals surface area contributed by atoms with E-state index < -0.39 is 41.5 Å². The molecule has 0 aliphatic carbocycles. The Bertz CT molecular complexity index is 1500. The largest absolute Gasteiger partial charge is 0.458 e. The smallest absolute Gasteiger partial charge is 0.343 e. The van der Waals surface area contributed by atoms with Crippen LogP contribution in [0.2, 0.25) is 5.02 Å². The van der Waals surface area contributed by atoms with Gasteiger partial charge in [-0.25, -0.2) is 14.2 Å². The van der Waals surface area contributed by atoms with Crippen molar-refractivity contribution in [3.8, 4) is 11.4 Å². The number of nitrogens with one attached hydrogen (secondary N) is 1. The molecule has 2 aliphatic rings. The maximum Gasteiger partial charge on any atom is 0.343 e. The van der Waals surface area contributed by atoms with E-state index in [1.54, 1.807) is 19.9 Å². The Labute approximate surface area is 203 Å². The van der Waals surface area contributed by atoms with Crippen LogP contribution in [0.1, 0.15) is 48.6 Å². The predicted molar refractivity (Wildman–Crippen MR) is 123 cm³/mol. The van der Waals surface area contributed by atoms with Gasteiger partial charge in [-0.15, -0.1) is 0 Å². The third kappa shape index (κ3) is 3.35. The number of esters is 1. The molecule has 0 unspecified atom stereocenters. The third-order valence-corrected chi connectivity index (χ3v) is 7.02. The highest BCUT2D eigenvalue weighted by Crippen LogP contribution is 2.42. The minimum atomic E-state index is -1.98. The summed E-state index contributed by atoms with van der Waals surface area (Å²) in [5.74, 6) is -2.14. The van der Waals surface area contributed by atoms with E-state index >= 15 is 0 Å². The maximum absolute atomic E-state index is 14.4. The number of aliphatic hydroxyl groups is 2. The minimum absolute atomic E-state index is 0.00107. The molecule has 2 aromatic heterocycles. The Morgan fingerprint density at radius 1 is 1.34 bits per heavy atom. The molecule has 0 radical (unpaired) electrons. The summed E-state index contributed by atoms with van der Waals surface area (Å²) in [6, 6.07) is 3.49. The normalized spacial score (nSPS) is 19.1. The van der Waals surface area contributed by atoms with Gasteiger partial charge in [-0.3, -0.25) is 9.59 Å². The number of carbonyl (C=O) groups excluding carboxylic acids is 2. The van der Waals surface area contributed by atoms with Gasteiger partial charge in [0.2, 0.25) is 5.91 Å². The van der Waals surface area contributed by atoms with Gasteiger partial charge in [0.25, 0.3) is 5.56 Å². The molecule has 0 saturated heterocycles. The topological polar surface area (TPSA) is 131 Å². The highest BCUT2D eigenvalue weighted by atomic mass is 35.5. The summed E-state index contributed by atoms with van der Waals surface area (Å²) in [6.07, 6.45) is -0.00107. The molecule has 5 rings (SSSR count). The molecule has 3 aromatic rings. The molecule has 2 aliphatic heterocycles. The number of ether oxygens (including phenoxy) is 1. The lowest BCUT2D eigenvalue weighted by Gasteiger charge is -2.31.